The molecule has 1 atom stereocenters. The van der Waals surface area contributed by atoms with Crippen molar-refractivity contribution in [3.8, 4) is 11.3 Å². The van der Waals surface area contributed by atoms with Gasteiger partial charge in [0.1, 0.15) is 0 Å². The highest BCUT2D eigenvalue weighted by atomic mass is 35.5. The van der Waals surface area contributed by atoms with Crippen molar-refractivity contribution in [2.24, 2.45) is 0 Å². The molecule has 1 aromatic carbocycles. The molecular weight excluding hydrogens is 398 g/mol. The number of ether oxygens (including phenoxy) is 1. The molecule has 1 amide bonds. The molecule has 0 bridgehead atoms. The number of nitrogens with one attached hydrogen (secondary N) is 1. The largest absolute Gasteiger partial charge is 0.379 e. The third-order valence-electron chi connectivity index (χ3n) is 4.69. The zero-order valence-electron chi connectivity index (χ0n) is 15.1. The van der Waals surface area contributed by atoms with E-state index in [0.29, 0.717) is 30.5 Å². The van der Waals surface area contributed by atoms with Crippen LogP contribution in [0, 0.1) is 0 Å². The summed E-state index contributed by atoms with van der Waals surface area (Å²) in [5.41, 5.74) is 1.08. The van der Waals surface area contributed by atoms with Crippen LogP contribution >= 0.6 is 22.9 Å². The second-order valence-electron chi connectivity index (χ2n) is 6.47. The maximum Gasteiger partial charge on any atom is 0.273 e. The Morgan fingerprint density at radius 2 is 2.04 bits per heavy atom. The van der Waals surface area contributed by atoms with Crippen molar-refractivity contribution >= 4 is 28.8 Å². The monoisotopic (exact) mass is 417 g/mol. The van der Waals surface area contributed by atoms with Crippen molar-refractivity contribution in [2.75, 3.05) is 32.8 Å². The average molecular weight is 418 g/mol. The summed E-state index contributed by atoms with van der Waals surface area (Å²) in [7, 11) is 0. The molecule has 3 heterocycles. The fraction of sp³-hybridized carbons (Fsp3) is 0.300. The number of hydrogen-bond acceptors (Lipinski definition) is 6. The first-order valence-electron chi connectivity index (χ1n) is 9.07. The first-order chi connectivity index (χ1) is 13.7. The van der Waals surface area contributed by atoms with Crippen LogP contribution in [-0.2, 0) is 4.74 Å². The molecule has 0 spiro atoms. The quantitative estimate of drug-likeness (QED) is 0.659. The summed E-state index contributed by atoms with van der Waals surface area (Å²) < 4.78 is 10.8. The van der Waals surface area contributed by atoms with Crippen molar-refractivity contribution < 1.29 is 14.1 Å². The van der Waals surface area contributed by atoms with Gasteiger partial charge in [-0.15, -0.1) is 11.3 Å². The molecule has 28 heavy (non-hydrogen) atoms. The molecule has 6 nitrogen and oxygen atoms in total. The van der Waals surface area contributed by atoms with Crippen molar-refractivity contribution in [3.63, 3.8) is 0 Å². The van der Waals surface area contributed by atoms with Crippen LogP contribution in [0.2, 0.25) is 5.02 Å². The van der Waals surface area contributed by atoms with Gasteiger partial charge in [0.05, 0.1) is 19.3 Å². The first-order valence-corrected chi connectivity index (χ1v) is 10.3. The van der Waals surface area contributed by atoms with Crippen LogP contribution in [0.25, 0.3) is 11.3 Å². The normalized spacial score (nSPS) is 16.0. The van der Waals surface area contributed by atoms with Gasteiger partial charge in [0.25, 0.3) is 5.91 Å². The molecule has 8 heteroatoms. The van der Waals surface area contributed by atoms with Gasteiger partial charge in [0.2, 0.25) is 0 Å². The molecule has 146 valence electrons. The van der Waals surface area contributed by atoms with E-state index in [0.717, 1.165) is 18.7 Å². The van der Waals surface area contributed by atoms with Gasteiger partial charge in [-0.2, -0.15) is 0 Å². The lowest BCUT2D eigenvalue weighted by molar-refractivity contribution is 0.0169. The van der Waals surface area contributed by atoms with Crippen LogP contribution in [0.3, 0.4) is 0 Å². The number of rotatable bonds is 6. The molecule has 1 fully saturated rings. The van der Waals surface area contributed by atoms with Crippen molar-refractivity contribution in [1.29, 1.82) is 0 Å². The highest BCUT2D eigenvalue weighted by Crippen LogP contribution is 2.26. The van der Waals surface area contributed by atoms with E-state index in [9.17, 15) is 4.79 Å². The topological polar surface area (TPSA) is 67.6 Å². The molecule has 1 N–H and O–H groups in total. The molecule has 3 aromatic rings. The maximum atomic E-state index is 12.6. The molecule has 1 saturated heterocycles. The average Bonchev–Trinajstić information content (AvgIpc) is 3.42. The van der Waals surface area contributed by atoms with E-state index in [1.807, 2.05) is 18.2 Å². The minimum atomic E-state index is -0.251. The summed E-state index contributed by atoms with van der Waals surface area (Å²) in [4.78, 5) is 16.2. The van der Waals surface area contributed by atoms with Gasteiger partial charge in [0.15, 0.2) is 11.5 Å². The number of hydrogen-bond donors (Lipinski definition) is 1. The SMILES string of the molecule is O=C(NC[C@H](c1cccs1)N1CCOCC1)c1cc(-c2ccc(Cl)cc2)on1. The van der Waals surface area contributed by atoms with E-state index in [-0.39, 0.29) is 17.6 Å². The molecule has 0 unspecified atom stereocenters. The van der Waals surface area contributed by atoms with Crippen LogP contribution in [0.1, 0.15) is 21.4 Å². The fourth-order valence-electron chi connectivity index (χ4n) is 3.19. The molecule has 0 aliphatic carbocycles. The number of amides is 1. The number of carbonyl (C=O) groups excluding carboxylic acids is 1. The Balaban J connectivity index is 1.43. The molecule has 1 aliphatic heterocycles. The molecule has 0 radical (unpaired) electrons. The van der Waals surface area contributed by atoms with E-state index in [2.05, 4.69) is 26.8 Å². The molecular formula is C20H20ClN3O3S. The van der Waals surface area contributed by atoms with Gasteiger partial charge < -0.3 is 14.6 Å². The Kier molecular flexibility index (Phi) is 6.07. The zero-order valence-corrected chi connectivity index (χ0v) is 16.7. The summed E-state index contributed by atoms with van der Waals surface area (Å²) in [6.45, 7) is 3.63. The summed E-state index contributed by atoms with van der Waals surface area (Å²) in [6.07, 6.45) is 0. The van der Waals surface area contributed by atoms with E-state index in [1.54, 1.807) is 29.5 Å². The number of nitrogens with zero attached hydrogens (tertiary/aromatic N) is 2. The predicted octanol–water partition coefficient (Wildman–Crippen LogP) is 3.86. The Labute approximate surface area is 172 Å². The minimum Gasteiger partial charge on any atom is -0.379 e. The van der Waals surface area contributed by atoms with Gasteiger partial charge in [-0.3, -0.25) is 9.69 Å². The zero-order chi connectivity index (χ0) is 19.3. The van der Waals surface area contributed by atoms with Crippen LogP contribution < -0.4 is 5.32 Å². The Morgan fingerprint density at radius 1 is 1.25 bits per heavy atom. The molecule has 0 saturated carbocycles. The van der Waals surface area contributed by atoms with Gasteiger partial charge >= 0.3 is 0 Å². The van der Waals surface area contributed by atoms with E-state index in [1.165, 1.54) is 4.88 Å². The summed E-state index contributed by atoms with van der Waals surface area (Å²) in [5.74, 6) is 0.281. The maximum absolute atomic E-state index is 12.6. The number of morpholine rings is 1. The summed E-state index contributed by atoms with van der Waals surface area (Å²) in [6, 6.07) is 13.1. The second-order valence-corrected chi connectivity index (χ2v) is 7.89. The third-order valence-corrected chi connectivity index (χ3v) is 5.91. The van der Waals surface area contributed by atoms with Gasteiger partial charge in [-0.05, 0) is 35.7 Å². The smallest absolute Gasteiger partial charge is 0.273 e. The standard InChI is InChI=1S/C20H20ClN3O3S/c21-15-5-3-14(4-6-15)18-12-16(23-27-18)20(25)22-13-17(19-2-1-11-28-19)24-7-9-26-10-8-24/h1-6,11-12,17H,7-10,13H2,(H,22,25)/t17-/m1/s1. The van der Waals surface area contributed by atoms with Crippen molar-refractivity contribution in [2.45, 2.75) is 6.04 Å². The lowest BCUT2D eigenvalue weighted by Gasteiger charge is -2.34. The van der Waals surface area contributed by atoms with Crippen molar-refractivity contribution in [1.82, 2.24) is 15.4 Å². The predicted molar refractivity (Wildman–Crippen MR) is 109 cm³/mol. The Hall–Kier alpha value is -2.19. The third kappa shape index (κ3) is 4.44. The van der Waals surface area contributed by atoms with Gasteiger partial charge in [0, 0.05) is 41.2 Å². The van der Waals surface area contributed by atoms with Crippen LogP contribution in [0.15, 0.2) is 52.4 Å². The van der Waals surface area contributed by atoms with Crippen LogP contribution in [-0.4, -0.2) is 48.8 Å². The fourth-order valence-corrected chi connectivity index (χ4v) is 4.18. The van der Waals surface area contributed by atoms with Crippen LogP contribution in [0.4, 0.5) is 0 Å². The minimum absolute atomic E-state index is 0.121. The lowest BCUT2D eigenvalue weighted by atomic mass is 10.1. The van der Waals surface area contributed by atoms with Crippen molar-refractivity contribution in [3.05, 3.63) is 63.4 Å². The number of thiophene rings is 1. The number of benzene rings is 1. The van der Waals surface area contributed by atoms with E-state index >= 15 is 0 Å². The lowest BCUT2D eigenvalue weighted by Crippen LogP contribution is -2.43. The number of carbonyl (C=O) groups is 1. The van der Waals surface area contributed by atoms with E-state index in [4.69, 9.17) is 20.9 Å². The number of aromatic nitrogens is 1. The Bertz CT molecular complexity index is 905. The first kappa shape index (κ1) is 19.1. The van der Waals surface area contributed by atoms with Gasteiger partial charge in [-0.1, -0.05) is 22.8 Å². The molecule has 1 aliphatic rings. The highest BCUT2D eigenvalue weighted by molar-refractivity contribution is 7.10. The molecule has 2 aromatic heterocycles. The molecule has 4 rings (SSSR count). The van der Waals surface area contributed by atoms with Crippen LogP contribution in [0.5, 0.6) is 0 Å². The summed E-state index contributed by atoms with van der Waals surface area (Å²) >= 11 is 7.61. The highest BCUT2D eigenvalue weighted by Gasteiger charge is 2.24. The van der Waals surface area contributed by atoms with Gasteiger partial charge in [-0.25, -0.2) is 0 Å². The number of halogens is 1. The Morgan fingerprint density at radius 3 is 2.75 bits per heavy atom. The van der Waals surface area contributed by atoms with E-state index < -0.39 is 0 Å². The second kappa shape index (κ2) is 8.87. The summed E-state index contributed by atoms with van der Waals surface area (Å²) in [5, 5.41) is 9.62.